The van der Waals surface area contributed by atoms with Crippen LogP contribution in [-0.2, 0) is 0 Å². The molecule has 1 aliphatic rings. The highest BCUT2D eigenvalue weighted by molar-refractivity contribution is 5.56. The van der Waals surface area contributed by atoms with Gasteiger partial charge in [0, 0.05) is 31.8 Å². The molecular weight excluding hydrogens is 252 g/mol. The van der Waals surface area contributed by atoms with E-state index in [0.717, 1.165) is 22.9 Å². The zero-order chi connectivity index (χ0) is 14.2. The molecule has 1 aromatic carbocycles. The van der Waals surface area contributed by atoms with Crippen LogP contribution >= 0.6 is 0 Å². The molecule has 1 unspecified atom stereocenters. The third-order valence-corrected chi connectivity index (χ3v) is 3.17. The smallest absolute Gasteiger partial charge is 0.246 e. The Bertz CT molecular complexity index is 611. The van der Waals surface area contributed by atoms with E-state index in [2.05, 4.69) is 17.2 Å². The molecule has 1 atom stereocenters. The first-order valence-electron chi connectivity index (χ1n) is 6.73. The lowest BCUT2D eigenvalue weighted by Gasteiger charge is -2.16. The van der Waals surface area contributed by atoms with Crippen LogP contribution in [0.1, 0.15) is 32.5 Å². The number of rotatable bonds is 3. The van der Waals surface area contributed by atoms with Gasteiger partial charge in [-0.05, 0) is 31.2 Å². The lowest BCUT2D eigenvalue weighted by molar-refractivity contribution is -0.0431. The number of anilines is 1. The molecule has 0 amide bonds. The topological polar surface area (TPSA) is 43.4 Å². The third kappa shape index (κ3) is 2.54. The van der Waals surface area contributed by atoms with Gasteiger partial charge in [-0.15, -0.1) is 0 Å². The van der Waals surface area contributed by atoms with Gasteiger partial charge in [0.1, 0.15) is 0 Å². The summed E-state index contributed by atoms with van der Waals surface area (Å²) < 4.78 is 11.4. The van der Waals surface area contributed by atoms with Crippen molar-refractivity contribution in [3.05, 3.63) is 48.3 Å². The highest BCUT2D eigenvalue weighted by Crippen LogP contribution is 2.41. The molecule has 3 rings (SSSR count). The number of hydrogen-bond acceptors (Lipinski definition) is 4. The molecule has 1 aromatic heterocycles. The Morgan fingerprint density at radius 1 is 1.10 bits per heavy atom. The van der Waals surface area contributed by atoms with Gasteiger partial charge in [-0.3, -0.25) is 4.98 Å². The first-order valence-corrected chi connectivity index (χ1v) is 6.73. The number of pyridine rings is 1. The van der Waals surface area contributed by atoms with E-state index in [1.165, 1.54) is 0 Å². The van der Waals surface area contributed by atoms with Crippen molar-refractivity contribution in [2.45, 2.75) is 32.6 Å². The Morgan fingerprint density at radius 3 is 2.65 bits per heavy atom. The predicted octanol–water partition coefficient (Wildman–Crippen LogP) is 3.76. The number of aromatic nitrogens is 1. The van der Waals surface area contributed by atoms with Gasteiger partial charge in [-0.25, -0.2) is 0 Å². The predicted molar refractivity (Wildman–Crippen MR) is 78.1 cm³/mol. The summed E-state index contributed by atoms with van der Waals surface area (Å²) in [7, 11) is 0. The Hall–Kier alpha value is -2.23. The minimum atomic E-state index is -0.590. The molecule has 1 aliphatic heterocycles. The normalized spacial score (nSPS) is 16.8. The molecular formula is C16H18N2O2. The van der Waals surface area contributed by atoms with E-state index in [1.54, 1.807) is 6.20 Å². The molecule has 0 fully saturated rings. The van der Waals surface area contributed by atoms with Crippen molar-refractivity contribution in [2.24, 2.45) is 0 Å². The molecule has 2 heterocycles. The largest absolute Gasteiger partial charge is 0.449 e. The fourth-order valence-electron chi connectivity index (χ4n) is 2.27. The number of benzene rings is 1. The molecule has 4 heteroatoms. The van der Waals surface area contributed by atoms with Gasteiger partial charge in [-0.2, -0.15) is 0 Å². The summed E-state index contributed by atoms with van der Waals surface area (Å²) in [5.41, 5.74) is 1.99. The molecule has 0 aliphatic carbocycles. The average Bonchev–Trinajstić information content (AvgIpc) is 2.73. The fourth-order valence-corrected chi connectivity index (χ4v) is 2.27. The van der Waals surface area contributed by atoms with E-state index in [9.17, 15) is 0 Å². The summed E-state index contributed by atoms with van der Waals surface area (Å²) in [4.78, 5) is 4.35. The Labute approximate surface area is 118 Å². The highest BCUT2D eigenvalue weighted by atomic mass is 16.7. The minimum Gasteiger partial charge on any atom is -0.449 e. The first-order chi connectivity index (χ1) is 9.53. The molecule has 0 bridgehead atoms. The van der Waals surface area contributed by atoms with Crippen LogP contribution in [0.15, 0.2) is 42.6 Å². The summed E-state index contributed by atoms with van der Waals surface area (Å²) >= 11 is 0. The summed E-state index contributed by atoms with van der Waals surface area (Å²) in [5.74, 6) is 0.965. The van der Waals surface area contributed by atoms with Crippen molar-refractivity contribution in [3.63, 3.8) is 0 Å². The molecule has 1 N–H and O–H groups in total. The summed E-state index contributed by atoms with van der Waals surface area (Å²) in [6, 6.07) is 11.9. The van der Waals surface area contributed by atoms with E-state index < -0.39 is 5.79 Å². The van der Waals surface area contributed by atoms with Crippen LogP contribution in [0.3, 0.4) is 0 Å². The van der Waals surface area contributed by atoms with Gasteiger partial charge in [0.15, 0.2) is 11.5 Å². The summed E-state index contributed by atoms with van der Waals surface area (Å²) in [6.45, 7) is 5.88. The Morgan fingerprint density at radius 2 is 1.90 bits per heavy atom. The molecule has 104 valence electrons. The quantitative estimate of drug-likeness (QED) is 0.922. The molecule has 0 spiro atoms. The lowest BCUT2D eigenvalue weighted by Crippen LogP contribution is -2.29. The van der Waals surface area contributed by atoms with Crippen molar-refractivity contribution in [1.29, 1.82) is 0 Å². The molecule has 0 saturated heterocycles. The average molecular weight is 270 g/mol. The molecule has 0 saturated carbocycles. The monoisotopic (exact) mass is 270 g/mol. The van der Waals surface area contributed by atoms with Gasteiger partial charge in [0.05, 0.1) is 11.7 Å². The van der Waals surface area contributed by atoms with E-state index in [-0.39, 0.29) is 6.04 Å². The van der Waals surface area contributed by atoms with E-state index in [0.29, 0.717) is 0 Å². The van der Waals surface area contributed by atoms with Crippen molar-refractivity contribution in [1.82, 2.24) is 4.98 Å². The molecule has 20 heavy (non-hydrogen) atoms. The number of hydrogen-bond donors (Lipinski definition) is 1. The fraction of sp³-hybridized carbons (Fsp3) is 0.312. The standard InChI is InChI=1S/C16H18N2O2/c1-11(13-6-4-5-9-17-13)18-12-7-8-14-15(10-12)20-16(2,3)19-14/h4-11,18H,1-3H3. The van der Waals surface area contributed by atoms with E-state index in [1.807, 2.05) is 50.2 Å². The molecule has 4 nitrogen and oxygen atoms in total. The highest BCUT2D eigenvalue weighted by Gasteiger charge is 2.31. The second-order valence-electron chi connectivity index (χ2n) is 5.39. The van der Waals surface area contributed by atoms with Crippen molar-refractivity contribution in [2.75, 3.05) is 5.32 Å². The number of fused-ring (bicyclic) bond motifs is 1. The maximum atomic E-state index is 5.74. The van der Waals surface area contributed by atoms with E-state index in [4.69, 9.17) is 9.47 Å². The maximum absolute atomic E-state index is 5.74. The van der Waals surface area contributed by atoms with Gasteiger partial charge >= 0.3 is 0 Å². The van der Waals surface area contributed by atoms with Crippen LogP contribution < -0.4 is 14.8 Å². The first kappa shape index (κ1) is 12.8. The third-order valence-electron chi connectivity index (χ3n) is 3.17. The van der Waals surface area contributed by atoms with Crippen molar-refractivity contribution < 1.29 is 9.47 Å². The number of nitrogens with one attached hydrogen (secondary N) is 1. The van der Waals surface area contributed by atoms with Crippen molar-refractivity contribution in [3.8, 4) is 11.5 Å². The van der Waals surface area contributed by atoms with Crippen LogP contribution in [0.5, 0.6) is 11.5 Å². The summed E-state index contributed by atoms with van der Waals surface area (Å²) in [6.07, 6.45) is 1.80. The zero-order valence-electron chi connectivity index (χ0n) is 11.9. The van der Waals surface area contributed by atoms with E-state index >= 15 is 0 Å². The maximum Gasteiger partial charge on any atom is 0.246 e. The van der Waals surface area contributed by atoms with Crippen LogP contribution in [0, 0.1) is 0 Å². The van der Waals surface area contributed by atoms with Crippen LogP contribution in [0.25, 0.3) is 0 Å². The van der Waals surface area contributed by atoms with Crippen LogP contribution in [-0.4, -0.2) is 10.8 Å². The summed E-state index contributed by atoms with van der Waals surface area (Å²) in [5, 5.41) is 3.42. The second kappa shape index (κ2) is 4.71. The molecule has 2 aromatic rings. The Balaban J connectivity index is 1.77. The van der Waals surface area contributed by atoms with Crippen molar-refractivity contribution >= 4 is 5.69 Å². The van der Waals surface area contributed by atoms with Gasteiger partial charge < -0.3 is 14.8 Å². The number of nitrogens with zero attached hydrogens (tertiary/aromatic N) is 1. The van der Waals surface area contributed by atoms with Gasteiger partial charge in [0.2, 0.25) is 5.79 Å². The minimum absolute atomic E-state index is 0.129. The van der Waals surface area contributed by atoms with Gasteiger partial charge in [0.25, 0.3) is 0 Å². The van der Waals surface area contributed by atoms with Gasteiger partial charge in [-0.1, -0.05) is 6.07 Å². The zero-order valence-corrected chi connectivity index (χ0v) is 11.9. The Kier molecular flexibility index (Phi) is 3.01. The second-order valence-corrected chi connectivity index (χ2v) is 5.39. The number of ether oxygens (including phenoxy) is 2. The SMILES string of the molecule is CC(Nc1ccc2c(c1)OC(C)(C)O2)c1ccccn1. The van der Waals surface area contributed by atoms with Crippen LogP contribution in [0.4, 0.5) is 5.69 Å². The van der Waals surface area contributed by atoms with Crippen LogP contribution in [0.2, 0.25) is 0 Å². The molecule has 0 radical (unpaired) electrons. The lowest BCUT2D eigenvalue weighted by atomic mass is 10.2.